The molecule has 1 aliphatic heterocycles. The predicted molar refractivity (Wildman–Crippen MR) is 75.8 cm³/mol. The molecule has 0 bridgehead atoms. The Balaban J connectivity index is 2.28. The predicted octanol–water partition coefficient (Wildman–Crippen LogP) is 0.773. The molecule has 0 spiro atoms. The Kier molecular flexibility index (Phi) is 4.94. The van der Waals surface area contributed by atoms with Gasteiger partial charge in [-0.1, -0.05) is 0 Å². The van der Waals surface area contributed by atoms with Gasteiger partial charge >= 0.3 is 5.69 Å². The van der Waals surface area contributed by atoms with Crippen molar-refractivity contribution >= 4 is 15.7 Å². The van der Waals surface area contributed by atoms with Crippen molar-refractivity contribution in [3.63, 3.8) is 0 Å². The zero-order chi connectivity index (χ0) is 16.3. The molecule has 0 aliphatic carbocycles. The van der Waals surface area contributed by atoms with Crippen LogP contribution >= 0.6 is 0 Å². The van der Waals surface area contributed by atoms with E-state index in [9.17, 15) is 22.9 Å². The summed E-state index contributed by atoms with van der Waals surface area (Å²) in [5.74, 6) is -1.70. The first-order valence-electron chi connectivity index (χ1n) is 6.60. The Labute approximate surface area is 126 Å². The fourth-order valence-electron chi connectivity index (χ4n) is 2.27. The molecule has 0 saturated carbocycles. The third kappa shape index (κ3) is 3.51. The number of hydrogen-bond donors (Lipinski definition) is 2. The summed E-state index contributed by atoms with van der Waals surface area (Å²) in [5.41, 5.74) is -0.734. The molecule has 8 nitrogen and oxygen atoms in total. The van der Waals surface area contributed by atoms with Crippen molar-refractivity contribution < 1.29 is 22.5 Å². The number of methoxy groups -OCH3 is 1. The lowest BCUT2D eigenvalue weighted by molar-refractivity contribution is -0.386. The minimum absolute atomic E-state index is 0.00727. The molecule has 1 saturated heterocycles. The Bertz CT molecular complexity index is 674. The molecule has 1 atom stereocenters. The molecule has 22 heavy (non-hydrogen) atoms. The number of rotatable bonds is 6. The standard InChI is InChI=1S/C12H16FN3O5S/c1-21-12-10(13)5-9(6-11(12)16(17)18)22(19,20)15-7-8-3-2-4-14-8/h5-6,8,14-15H,2-4,7H2,1H3. The average molecular weight is 333 g/mol. The van der Waals surface area contributed by atoms with Crippen molar-refractivity contribution in [3.8, 4) is 5.75 Å². The van der Waals surface area contributed by atoms with E-state index in [-0.39, 0.29) is 12.6 Å². The number of nitro benzene ring substituents is 1. The Hall–Kier alpha value is -1.78. The van der Waals surface area contributed by atoms with Gasteiger partial charge in [-0.05, 0) is 25.5 Å². The van der Waals surface area contributed by atoms with Crippen molar-refractivity contribution in [2.75, 3.05) is 20.2 Å². The molecule has 0 radical (unpaired) electrons. The van der Waals surface area contributed by atoms with Crippen molar-refractivity contribution in [3.05, 3.63) is 28.1 Å². The number of benzene rings is 1. The third-order valence-electron chi connectivity index (χ3n) is 3.39. The van der Waals surface area contributed by atoms with Gasteiger partial charge in [-0.15, -0.1) is 0 Å². The Morgan fingerprint density at radius 2 is 2.27 bits per heavy atom. The van der Waals surface area contributed by atoms with Gasteiger partial charge in [0.05, 0.1) is 16.9 Å². The molecule has 122 valence electrons. The first-order chi connectivity index (χ1) is 10.3. The lowest BCUT2D eigenvalue weighted by Crippen LogP contribution is -2.37. The van der Waals surface area contributed by atoms with E-state index >= 15 is 0 Å². The van der Waals surface area contributed by atoms with Gasteiger partial charge in [-0.25, -0.2) is 17.5 Å². The molecule has 1 heterocycles. The van der Waals surface area contributed by atoms with Crippen molar-refractivity contribution in [2.24, 2.45) is 0 Å². The van der Waals surface area contributed by atoms with E-state index in [4.69, 9.17) is 0 Å². The summed E-state index contributed by atoms with van der Waals surface area (Å²) in [6, 6.07) is 1.50. The quantitative estimate of drug-likeness (QED) is 0.588. The summed E-state index contributed by atoms with van der Waals surface area (Å²) < 4.78 is 45.0. The highest BCUT2D eigenvalue weighted by atomic mass is 32.2. The number of halogens is 1. The number of nitro groups is 1. The highest BCUT2D eigenvalue weighted by Crippen LogP contribution is 2.32. The molecule has 1 fully saturated rings. The fourth-order valence-corrected chi connectivity index (χ4v) is 3.38. The molecule has 1 aliphatic rings. The molecule has 1 aromatic rings. The van der Waals surface area contributed by atoms with Crippen LogP contribution in [0.2, 0.25) is 0 Å². The van der Waals surface area contributed by atoms with Gasteiger partial charge < -0.3 is 10.1 Å². The Morgan fingerprint density at radius 1 is 1.55 bits per heavy atom. The second-order valence-corrected chi connectivity index (χ2v) is 6.63. The van der Waals surface area contributed by atoms with Crippen LogP contribution in [0, 0.1) is 15.9 Å². The van der Waals surface area contributed by atoms with Crippen molar-refractivity contribution in [1.82, 2.24) is 10.0 Å². The van der Waals surface area contributed by atoms with Crippen LogP contribution in [-0.4, -0.2) is 39.6 Å². The number of ether oxygens (including phenoxy) is 1. The number of nitrogens with zero attached hydrogens (tertiary/aromatic N) is 1. The molecule has 2 N–H and O–H groups in total. The van der Waals surface area contributed by atoms with E-state index in [0.29, 0.717) is 6.07 Å². The maximum absolute atomic E-state index is 13.8. The second-order valence-electron chi connectivity index (χ2n) is 4.86. The SMILES string of the molecule is COc1c(F)cc(S(=O)(=O)NCC2CCCN2)cc1[N+](=O)[O-]. The van der Waals surface area contributed by atoms with E-state index in [1.165, 1.54) is 0 Å². The maximum Gasteiger partial charge on any atom is 0.315 e. The van der Waals surface area contributed by atoms with Gasteiger partial charge in [0.1, 0.15) is 0 Å². The summed E-state index contributed by atoms with van der Waals surface area (Å²) in [7, 11) is -2.97. The van der Waals surface area contributed by atoms with Crippen LogP contribution in [-0.2, 0) is 10.0 Å². The number of sulfonamides is 1. The average Bonchev–Trinajstić information content (AvgIpc) is 2.97. The summed E-state index contributed by atoms with van der Waals surface area (Å²) >= 11 is 0. The van der Waals surface area contributed by atoms with Crippen LogP contribution in [0.4, 0.5) is 10.1 Å². The zero-order valence-electron chi connectivity index (χ0n) is 11.8. The zero-order valence-corrected chi connectivity index (χ0v) is 12.7. The number of nitrogens with one attached hydrogen (secondary N) is 2. The van der Waals surface area contributed by atoms with Crippen LogP contribution in [0.5, 0.6) is 5.75 Å². The van der Waals surface area contributed by atoms with Crippen LogP contribution in [0.3, 0.4) is 0 Å². The summed E-state index contributed by atoms with van der Waals surface area (Å²) in [5, 5.41) is 14.0. The van der Waals surface area contributed by atoms with Gasteiger partial charge in [0.25, 0.3) is 0 Å². The summed E-state index contributed by atoms with van der Waals surface area (Å²) in [6.45, 7) is 0.957. The van der Waals surface area contributed by atoms with Crippen LogP contribution in [0.1, 0.15) is 12.8 Å². The molecule has 2 rings (SSSR count). The lowest BCUT2D eigenvalue weighted by atomic mass is 10.2. The van der Waals surface area contributed by atoms with Gasteiger partial charge in [-0.3, -0.25) is 10.1 Å². The fraction of sp³-hybridized carbons (Fsp3) is 0.500. The lowest BCUT2D eigenvalue weighted by Gasteiger charge is -2.12. The van der Waals surface area contributed by atoms with Crippen LogP contribution in [0.25, 0.3) is 0 Å². The third-order valence-corrected chi connectivity index (χ3v) is 4.79. The van der Waals surface area contributed by atoms with Gasteiger partial charge in [0, 0.05) is 18.7 Å². The van der Waals surface area contributed by atoms with Crippen molar-refractivity contribution in [1.29, 1.82) is 0 Å². The summed E-state index contributed by atoms with van der Waals surface area (Å²) in [4.78, 5) is 9.52. The van der Waals surface area contributed by atoms with Gasteiger partial charge in [0.2, 0.25) is 15.8 Å². The molecule has 0 amide bonds. The summed E-state index contributed by atoms with van der Waals surface area (Å²) in [6.07, 6.45) is 1.79. The highest BCUT2D eigenvalue weighted by molar-refractivity contribution is 7.89. The first kappa shape index (κ1) is 16.6. The van der Waals surface area contributed by atoms with Gasteiger partial charge in [-0.2, -0.15) is 0 Å². The second kappa shape index (κ2) is 6.55. The molecule has 1 aromatic carbocycles. The Morgan fingerprint density at radius 3 is 2.82 bits per heavy atom. The normalized spacial score (nSPS) is 18.4. The van der Waals surface area contributed by atoms with E-state index in [2.05, 4.69) is 14.8 Å². The smallest absolute Gasteiger partial charge is 0.315 e. The van der Waals surface area contributed by atoms with Gasteiger partial charge in [0.15, 0.2) is 5.82 Å². The van der Waals surface area contributed by atoms with E-state index in [0.717, 1.165) is 32.6 Å². The minimum Gasteiger partial charge on any atom is -0.488 e. The van der Waals surface area contributed by atoms with Crippen LogP contribution < -0.4 is 14.8 Å². The first-order valence-corrected chi connectivity index (χ1v) is 8.08. The molecule has 10 heteroatoms. The van der Waals surface area contributed by atoms with Crippen LogP contribution in [0.15, 0.2) is 17.0 Å². The topological polar surface area (TPSA) is 111 Å². The largest absolute Gasteiger partial charge is 0.488 e. The monoisotopic (exact) mass is 333 g/mol. The van der Waals surface area contributed by atoms with E-state index < -0.39 is 37.1 Å². The van der Waals surface area contributed by atoms with E-state index in [1.54, 1.807) is 0 Å². The van der Waals surface area contributed by atoms with Crippen molar-refractivity contribution in [2.45, 2.75) is 23.8 Å². The minimum atomic E-state index is -4.04. The van der Waals surface area contributed by atoms with E-state index in [1.807, 2.05) is 0 Å². The highest BCUT2D eigenvalue weighted by Gasteiger charge is 2.27. The molecule has 1 unspecified atom stereocenters. The molecular formula is C12H16FN3O5S. The number of hydrogen-bond acceptors (Lipinski definition) is 6. The molecular weight excluding hydrogens is 317 g/mol. The molecule has 0 aromatic heterocycles. The maximum atomic E-state index is 13.8.